The SMILES string of the molecule is Cc1coc(C)c1C(=O)P(c1ccccc1)c1ccccc1. The zero-order chi connectivity index (χ0) is 15.5. The molecule has 0 aliphatic rings. The van der Waals surface area contributed by atoms with Crippen LogP contribution in [0.4, 0.5) is 0 Å². The third kappa shape index (κ3) is 2.75. The third-order valence-corrected chi connectivity index (χ3v) is 5.86. The normalized spacial score (nSPS) is 10.9. The molecule has 110 valence electrons. The van der Waals surface area contributed by atoms with Crippen molar-refractivity contribution in [3.05, 3.63) is 83.8 Å². The van der Waals surface area contributed by atoms with Gasteiger partial charge in [0.15, 0.2) is 5.52 Å². The fourth-order valence-corrected chi connectivity index (χ4v) is 4.81. The summed E-state index contributed by atoms with van der Waals surface area (Å²) >= 11 is 0. The Bertz CT molecular complexity index is 717. The molecule has 3 heteroatoms. The first kappa shape index (κ1) is 14.7. The highest BCUT2D eigenvalue weighted by Gasteiger charge is 2.27. The molecule has 0 unspecified atom stereocenters. The van der Waals surface area contributed by atoms with Gasteiger partial charge in [0.1, 0.15) is 5.76 Å². The van der Waals surface area contributed by atoms with E-state index in [-0.39, 0.29) is 5.52 Å². The first-order valence-corrected chi connectivity index (χ1v) is 8.52. The van der Waals surface area contributed by atoms with Gasteiger partial charge in [0.25, 0.3) is 0 Å². The fourth-order valence-electron chi connectivity index (χ4n) is 2.54. The van der Waals surface area contributed by atoms with Crippen molar-refractivity contribution >= 4 is 24.1 Å². The van der Waals surface area contributed by atoms with Crippen LogP contribution < -0.4 is 10.6 Å². The van der Waals surface area contributed by atoms with Crippen LogP contribution in [0.5, 0.6) is 0 Å². The fraction of sp³-hybridized carbons (Fsp3) is 0.105. The second kappa shape index (κ2) is 6.29. The van der Waals surface area contributed by atoms with Crippen LogP contribution >= 0.6 is 7.92 Å². The van der Waals surface area contributed by atoms with Crippen molar-refractivity contribution in [1.82, 2.24) is 0 Å². The van der Waals surface area contributed by atoms with E-state index in [1.807, 2.05) is 74.5 Å². The van der Waals surface area contributed by atoms with Crippen LogP contribution in [0.15, 0.2) is 71.3 Å². The predicted octanol–water partition coefficient (Wildman–Crippen LogP) is 4.17. The lowest BCUT2D eigenvalue weighted by Gasteiger charge is -2.17. The van der Waals surface area contributed by atoms with Gasteiger partial charge < -0.3 is 4.42 Å². The summed E-state index contributed by atoms with van der Waals surface area (Å²) in [5.74, 6) is 0.696. The molecule has 0 aliphatic heterocycles. The number of aryl methyl sites for hydroxylation is 2. The van der Waals surface area contributed by atoms with Gasteiger partial charge in [-0.1, -0.05) is 60.7 Å². The van der Waals surface area contributed by atoms with Gasteiger partial charge in [-0.25, -0.2) is 0 Å². The molecule has 3 aromatic rings. The summed E-state index contributed by atoms with van der Waals surface area (Å²) in [6, 6.07) is 20.0. The summed E-state index contributed by atoms with van der Waals surface area (Å²) in [7, 11) is -1.09. The highest BCUT2D eigenvalue weighted by molar-refractivity contribution is 7.88. The van der Waals surface area contributed by atoms with Gasteiger partial charge in [-0.2, -0.15) is 0 Å². The standard InChI is InChI=1S/C19H17O2P/c1-14-13-21-15(2)18(14)19(20)22(16-9-5-3-6-10-16)17-11-7-4-8-12-17/h3-13H,1-2H3. The van der Waals surface area contributed by atoms with Crippen molar-refractivity contribution in [2.75, 3.05) is 0 Å². The monoisotopic (exact) mass is 308 g/mol. The van der Waals surface area contributed by atoms with Gasteiger partial charge >= 0.3 is 0 Å². The van der Waals surface area contributed by atoms with Crippen LogP contribution in [0.1, 0.15) is 21.7 Å². The summed E-state index contributed by atoms with van der Waals surface area (Å²) < 4.78 is 5.43. The molecule has 2 nitrogen and oxygen atoms in total. The van der Waals surface area contributed by atoms with Crippen LogP contribution in [0, 0.1) is 13.8 Å². The second-order valence-corrected chi connectivity index (χ2v) is 7.27. The van der Waals surface area contributed by atoms with Crippen LogP contribution in [0.3, 0.4) is 0 Å². The van der Waals surface area contributed by atoms with Gasteiger partial charge in [-0.3, -0.25) is 4.79 Å². The lowest BCUT2D eigenvalue weighted by molar-refractivity contribution is 0.108. The maximum Gasteiger partial charge on any atom is 0.196 e. The van der Waals surface area contributed by atoms with Crippen LogP contribution in [-0.4, -0.2) is 5.52 Å². The lowest BCUT2D eigenvalue weighted by Crippen LogP contribution is -2.18. The Morgan fingerprint density at radius 1 is 0.864 bits per heavy atom. The summed E-state index contributed by atoms with van der Waals surface area (Å²) in [5, 5.41) is 2.13. The van der Waals surface area contributed by atoms with Crippen molar-refractivity contribution in [1.29, 1.82) is 0 Å². The molecule has 0 fully saturated rings. The highest BCUT2D eigenvalue weighted by Crippen LogP contribution is 2.39. The van der Waals surface area contributed by atoms with E-state index in [9.17, 15) is 4.79 Å². The van der Waals surface area contributed by atoms with Crippen LogP contribution in [0.2, 0.25) is 0 Å². The van der Waals surface area contributed by atoms with Crippen molar-refractivity contribution < 1.29 is 9.21 Å². The number of carbonyl (C=O) groups is 1. The van der Waals surface area contributed by atoms with Crippen LogP contribution in [0.25, 0.3) is 0 Å². The Hall–Kier alpha value is -2.18. The Kier molecular flexibility index (Phi) is 4.22. The second-order valence-electron chi connectivity index (χ2n) is 5.16. The zero-order valence-corrected chi connectivity index (χ0v) is 13.5. The third-order valence-electron chi connectivity index (χ3n) is 3.60. The molecule has 0 atom stereocenters. The van der Waals surface area contributed by atoms with Gasteiger partial charge in [0, 0.05) is 7.92 Å². The summed E-state index contributed by atoms with van der Waals surface area (Å²) in [5.41, 5.74) is 1.77. The summed E-state index contributed by atoms with van der Waals surface area (Å²) in [6.45, 7) is 3.77. The molecule has 2 aromatic carbocycles. The molecule has 0 radical (unpaired) electrons. The van der Waals surface area contributed by atoms with E-state index < -0.39 is 7.92 Å². The molecule has 0 amide bonds. The number of furan rings is 1. The largest absolute Gasteiger partial charge is 0.469 e. The molecule has 0 bridgehead atoms. The molecule has 0 saturated heterocycles. The van der Waals surface area contributed by atoms with E-state index in [0.29, 0.717) is 5.76 Å². The molecule has 0 N–H and O–H groups in total. The van der Waals surface area contributed by atoms with Crippen molar-refractivity contribution in [3.8, 4) is 0 Å². The Balaban J connectivity index is 2.13. The molecule has 1 aromatic heterocycles. The Morgan fingerprint density at radius 3 is 1.77 bits per heavy atom. The molecule has 0 spiro atoms. The Morgan fingerprint density at radius 2 is 1.36 bits per heavy atom. The maximum atomic E-state index is 13.2. The number of hydrogen-bond acceptors (Lipinski definition) is 2. The maximum absolute atomic E-state index is 13.2. The topological polar surface area (TPSA) is 30.2 Å². The van der Waals surface area contributed by atoms with Crippen molar-refractivity contribution in [2.45, 2.75) is 13.8 Å². The molecule has 0 aliphatic carbocycles. The quantitative estimate of drug-likeness (QED) is 0.677. The van der Waals surface area contributed by atoms with Crippen LogP contribution in [-0.2, 0) is 0 Å². The van der Waals surface area contributed by atoms with E-state index in [4.69, 9.17) is 4.42 Å². The average molecular weight is 308 g/mol. The number of benzene rings is 2. The predicted molar refractivity (Wildman–Crippen MR) is 91.6 cm³/mol. The first-order chi connectivity index (χ1) is 10.7. The number of rotatable bonds is 4. The van der Waals surface area contributed by atoms with Gasteiger partial charge in [-0.15, -0.1) is 0 Å². The summed E-state index contributed by atoms with van der Waals surface area (Å²) in [6.07, 6.45) is 1.66. The smallest absolute Gasteiger partial charge is 0.196 e. The minimum atomic E-state index is -1.09. The molecule has 3 rings (SSSR count). The van der Waals surface area contributed by atoms with Gasteiger partial charge in [0.05, 0.1) is 11.8 Å². The minimum Gasteiger partial charge on any atom is -0.469 e. The molecule has 0 saturated carbocycles. The first-order valence-electron chi connectivity index (χ1n) is 7.17. The molecular formula is C19H17O2P. The molecular weight excluding hydrogens is 291 g/mol. The van der Waals surface area contributed by atoms with Gasteiger partial charge in [0.2, 0.25) is 0 Å². The molecule has 1 heterocycles. The lowest BCUT2D eigenvalue weighted by atomic mass is 10.2. The van der Waals surface area contributed by atoms with Crippen molar-refractivity contribution in [2.24, 2.45) is 0 Å². The van der Waals surface area contributed by atoms with Crippen molar-refractivity contribution in [3.63, 3.8) is 0 Å². The average Bonchev–Trinajstić information content (AvgIpc) is 2.88. The molecule has 22 heavy (non-hydrogen) atoms. The Labute approximate surface area is 131 Å². The highest BCUT2D eigenvalue weighted by atomic mass is 31.1. The minimum absolute atomic E-state index is 0.149. The van der Waals surface area contributed by atoms with E-state index in [0.717, 1.165) is 21.7 Å². The van der Waals surface area contributed by atoms with E-state index >= 15 is 0 Å². The van der Waals surface area contributed by atoms with E-state index in [2.05, 4.69) is 0 Å². The number of hydrogen-bond donors (Lipinski definition) is 0. The summed E-state index contributed by atoms with van der Waals surface area (Å²) in [4.78, 5) is 13.2. The zero-order valence-electron chi connectivity index (χ0n) is 12.6. The number of carbonyl (C=O) groups excluding carboxylic acids is 1. The van der Waals surface area contributed by atoms with Gasteiger partial charge in [-0.05, 0) is 30.0 Å². The van der Waals surface area contributed by atoms with E-state index in [1.54, 1.807) is 6.26 Å². The van der Waals surface area contributed by atoms with E-state index in [1.165, 1.54) is 0 Å².